The maximum absolute atomic E-state index is 12.2. The van der Waals surface area contributed by atoms with E-state index in [4.69, 9.17) is 9.15 Å². The number of hydrogen-bond acceptors (Lipinski definition) is 7. The molecule has 29 heavy (non-hydrogen) atoms. The highest BCUT2D eigenvalue weighted by atomic mass is 32.2. The van der Waals surface area contributed by atoms with E-state index < -0.39 is 5.97 Å². The SMILES string of the molecule is Cc1ccccc1-c1nnc(SCC(=O)Nc2cccc(C(=O)OC(C)C)c2)o1. The molecule has 0 unspecified atom stereocenters. The van der Waals surface area contributed by atoms with Crippen LogP contribution in [0.25, 0.3) is 11.5 Å². The summed E-state index contributed by atoms with van der Waals surface area (Å²) < 4.78 is 10.8. The quantitative estimate of drug-likeness (QED) is 0.456. The van der Waals surface area contributed by atoms with Crippen molar-refractivity contribution in [1.82, 2.24) is 10.2 Å². The molecule has 150 valence electrons. The van der Waals surface area contributed by atoms with Crippen molar-refractivity contribution in [3.05, 3.63) is 59.7 Å². The minimum absolute atomic E-state index is 0.0933. The number of rotatable bonds is 7. The lowest BCUT2D eigenvalue weighted by atomic mass is 10.1. The molecule has 1 amide bonds. The number of esters is 1. The minimum atomic E-state index is -0.430. The average molecular weight is 411 g/mol. The van der Waals surface area contributed by atoms with Crippen molar-refractivity contribution in [3.63, 3.8) is 0 Å². The molecule has 1 heterocycles. The minimum Gasteiger partial charge on any atom is -0.459 e. The lowest BCUT2D eigenvalue weighted by Crippen LogP contribution is -2.15. The zero-order valence-electron chi connectivity index (χ0n) is 16.3. The fourth-order valence-corrected chi connectivity index (χ4v) is 3.08. The predicted molar refractivity (Wildman–Crippen MR) is 111 cm³/mol. The Bertz CT molecular complexity index is 1020. The van der Waals surface area contributed by atoms with Gasteiger partial charge in [0.15, 0.2) is 0 Å². The first-order valence-electron chi connectivity index (χ1n) is 9.05. The standard InChI is InChI=1S/C21H21N3O4S/c1-13(2)27-20(26)15-8-6-9-16(11-15)22-18(25)12-29-21-24-23-19(28-21)17-10-5-4-7-14(17)3/h4-11,13H,12H2,1-3H3,(H,22,25). The van der Waals surface area contributed by atoms with E-state index in [1.54, 1.807) is 38.1 Å². The Morgan fingerprint density at radius 3 is 2.69 bits per heavy atom. The van der Waals surface area contributed by atoms with Gasteiger partial charge in [-0.15, -0.1) is 10.2 Å². The van der Waals surface area contributed by atoms with Gasteiger partial charge in [0, 0.05) is 11.3 Å². The molecule has 0 atom stereocenters. The van der Waals surface area contributed by atoms with Crippen molar-refractivity contribution < 1.29 is 18.7 Å². The van der Waals surface area contributed by atoms with E-state index in [9.17, 15) is 9.59 Å². The van der Waals surface area contributed by atoms with Crippen LogP contribution in [-0.4, -0.2) is 33.9 Å². The normalized spacial score (nSPS) is 10.8. The summed E-state index contributed by atoms with van der Waals surface area (Å²) in [5, 5.41) is 11.1. The first kappa shape index (κ1) is 20.6. The second-order valence-corrected chi connectivity index (χ2v) is 7.49. The van der Waals surface area contributed by atoms with Gasteiger partial charge in [0.2, 0.25) is 11.8 Å². The summed E-state index contributed by atoms with van der Waals surface area (Å²) in [6, 6.07) is 14.3. The number of amides is 1. The molecule has 0 spiro atoms. The molecular weight excluding hydrogens is 390 g/mol. The summed E-state index contributed by atoms with van der Waals surface area (Å²) in [6.07, 6.45) is -0.212. The van der Waals surface area contributed by atoms with Gasteiger partial charge >= 0.3 is 5.97 Å². The van der Waals surface area contributed by atoms with Crippen LogP contribution in [0.4, 0.5) is 5.69 Å². The summed E-state index contributed by atoms with van der Waals surface area (Å²) in [6.45, 7) is 5.52. The number of ether oxygens (including phenoxy) is 1. The van der Waals surface area contributed by atoms with Crippen LogP contribution in [0.2, 0.25) is 0 Å². The largest absolute Gasteiger partial charge is 0.459 e. The van der Waals surface area contributed by atoms with Crippen molar-refractivity contribution >= 4 is 29.3 Å². The topological polar surface area (TPSA) is 94.3 Å². The van der Waals surface area contributed by atoms with Crippen LogP contribution in [0.5, 0.6) is 0 Å². The number of carbonyl (C=O) groups is 2. The zero-order chi connectivity index (χ0) is 20.8. The molecule has 8 heteroatoms. The van der Waals surface area contributed by atoms with E-state index in [0.29, 0.717) is 22.4 Å². The Balaban J connectivity index is 1.57. The lowest BCUT2D eigenvalue weighted by molar-refractivity contribution is -0.113. The van der Waals surface area contributed by atoms with Gasteiger partial charge in [-0.25, -0.2) is 4.79 Å². The molecule has 0 radical (unpaired) electrons. The third kappa shape index (κ3) is 5.68. The molecule has 3 rings (SSSR count). The van der Waals surface area contributed by atoms with E-state index in [2.05, 4.69) is 15.5 Å². The van der Waals surface area contributed by atoms with Crippen molar-refractivity contribution in [3.8, 4) is 11.5 Å². The second kappa shape index (κ2) is 9.38. The van der Waals surface area contributed by atoms with Crippen molar-refractivity contribution in [2.45, 2.75) is 32.1 Å². The first-order valence-corrected chi connectivity index (χ1v) is 10.0. The predicted octanol–water partition coefficient (Wildman–Crippen LogP) is 4.34. The Morgan fingerprint density at radius 1 is 1.14 bits per heavy atom. The fourth-order valence-electron chi connectivity index (χ4n) is 2.52. The molecule has 0 bridgehead atoms. The number of carbonyl (C=O) groups excluding carboxylic acids is 2. The highest BCUT2D eigenvalue weighted by Crippen LogP contribution is 2.25. The number of anilines is 1. The molecule has 0 saturated carbocycles. The van der Waals surface area contributed by atoms with Crippen LogP contribution in [-0.2, 0) is 9.53 Å². The lowest BCUT2D eigenvalue weighted by Gasteiger charge is -2.09. The molecule has 1 aromatic heterocycles. The Morgan fingerprint density at radius 2 is 1.93 bits per heavy atom. The second-order valence-electron chi connectivity index (χ2n) is 6.56. The van der Waals surface area contributed by atoms with E-state index in [0.717, 1.165) is 22.9 Å². The molecule has 0 aliphatic carbocycles. The molecule has 0 saturated heterocycles. The van der Waals surface area contributed by atoms with Gasteiger partial charge in [-0.3, -0.25) is 4.79 Å². The van der Waals surface area contributed by atoms with Crippen molar-refractivity contribution in [1.29, 1.82) is 0 Å². The highest BCUT2D eigenvalue weighted by molar-refractivity contribution is 7.99. The Hall–Kier alpha value is -3.13. The van der Waals surface area contributed by atoms with Gasteiger partial charge in [0.1, 0.15) is 0 Å². The van der Waals surface area contributed by atoms with Crippen LogP contribution in [0, 0.1) is 6.92 Å². The highest BCUT2D eigenvalue weighted by Gasteiger charge is 2.14. The van der Waals surface area contributed by atoms with Crippen LogP contribution in [0.15, 0.2) is 58.2 Å². The molecule has 0 aliphatic heterocycles. The van der Waals surface area contributed by atoms with Gasteiger partial charge < -0.3 is 14.5 Å². The Labute approximate surface area is 172 Å². The first-order chi connectivity index (χ1) is 13.9. The zero-order valence-corrected chi connectivity index (χ0v) is 17.2. The molecule has 0 fully saturated rings. The summed E-state index contributed by atoms with van der Waals surface area (Å²) in [5.74, 6) is -0.168. The molecule has 7 nitrogen and oxygen atoms in total. The van der Waals surface area contributed by atoms with Gasteiger partial charge in [-0.1, -0.05) is 36.0 Å². The van der Waals surface area contributed by atoms with Crippen LogP contribution in [0.1, 0.15) is 29.8 Å². The molecular formula is C21H21N3O4S. The van der Waals surface area contributed by atoms with E-state index >= 15 is 0 Å². The van der Waals surface area contributed by atoms with E-state index in [1.807, 2.05) is 31.2 Å². The van der Waals surface area contributed by atoms with Crippen molar-refractivity contribution in [2.24, 2.45) is 0 Å². The number of hydrogen-bond donors (Lipinski definition) is 1. The molecule has 3 aromatic rings. The maximum Gasteiger partial charge on any atom is 0.338 e. The number of thioether (sulfide) groups is 1. The monoisotopic (exact) mass is 411 g/mol. The maximum atomic E-state index is 12.2. The summed E-state index contributed by atoms with van der Waals surface area (Å²) in [4.78, 5) is 24.2. The van der Waals surface area contributed by atoms with Crippen LogP contribution >= 0.6 is 11.8 Å². The van der Waals surface area contributed by atoms with Gasteiger partial charge in [-0.2, -0.15) is 0 Å². The summed E-state index contributed by atoms with van der Waals surface area (Å²) in [7, 11) is 0. The Kier molecular flexibility index (Phi) is 6.66. The fraction of sp³-hybridized carbons (Fsp3) is 0.238. The van der Waals surface area contributed by atoms with E-state index in [1.165, 1.54) is 0 Å². The number of aromatic nitrogens is 2. The number of aryl methyl sites for hydroxylation is 1. The smallest absolute Gasteiger partial charge is 0.338 e. The average Bonchev–Trinajstić information content (AvgIpc) is 3.15. The summed E-state index contributed by atoms with van der Waals surface area (Å²) in [5.41, 5.74) is 2.78. The van der Waals surface area contributed by atoms with Crippen LogP contribution < -0.4 is 5.32 Å². The third-order valence-corrected chi connectivity index (χ3v) is 4.65. The molecule has 1 N–H and O–H groups in total. The van der Waals surface area contributed by atoms with Gasteiger partial charge in [-0.05, 0) is 50.6 Å². The molecule has 2 aromatic carbocycles. The third-order valence-electron chi connectivity index (χ3n) is 3.83. The molecule has 0 aliphatic rings. The number of nitrogens with zero attached hydrogens (tertiary/aromatic N) is 2. The van der Waals surface area contributed by atoms with E-state index in [-0.39, 0.29) is 17.8 Å². The van der Waals surface area contributed by atoms with Crippen LogP contribution in [0.3, 0.4) is 0 Å². The summed E-state index contributed by atoms with van der Waals surface area (Å²) >= 11 is 1.14. The number of nitrogens with one attached hydrogen (secondary N) is 1. The van der Waals surface area contributed by atoms with Gasteiger partial charge in [0.25, 0.3) is 5.22 Å². The van der Waals surface area contributed by atoms with Gasteiger partial charge in [0.05, 0.1) is 17.4 Å². The van der Waals surface area contributed by atoms with Crippen molar-refractivity contribution in [2.75, 3.05) is 11.1 Å². The number of benzene rings is 2.